The molecule has 3 aromatic rings. The molecule has 0 aliphatic rings. The normalized spacial score (nSPS) is 11.5. The molecule has 0 unspecified atom stereocenters. The molecule has 1 aromatic heterocycles. The largest absolute Gasteiger partial charge is 0.493 e. The Morgan fingerprint density at radius 2 is 1.89 bits per heavy atom. The maximum Gasteiger partial charge on any atom is 0.268 e. The Kier molecular flexibility index (Phi) is 9.19. The third-order valence-electron chi connectivity index (χ3n) is 4.49. The van der Waals surface area contributed by atoms with E-state index in [9.17, 15) is 18.5 Å². The lowest BCUT2D eigenvalue weighted by Crippen LogP contribution is -2.13. The summed E-state index contributed by atoms with van der Waals surface area (Å²) < 4.78 is 38.7. The minimum Gasteiger partial charge on any atom is -0.493 e. The molecule has 1 amide bonds. The first kappa shape index (κ1) is 26.2. The van der Waals surface area contributed by atoms with Crippen molar-refractivity contribution in [3.8, 4) is 17.6 Å². The molecule has 0 radical (unpaired) electrons. The molecule has 2 aromatic carbocycles. The molecule has 1 heterocycles. The standard InChI is InChI=1S/C23H21ClN4O5S2/c1-2-35(30,31)23-27-22(34-28-23)26-21(29)17(15-25)14-16-8-10-18(11-9-16)32-12-5-13-33-20-7-4-3-6-19(20)24/h3-4,6-11,14H,2,5,12-13H2,1H3,(H,26,27,28,29). The van der Waals surface area contributed by atoms with Crippen molar-refractivity contribution < 1.29 is 22.7 Å². The smallest absolute Gasteiger partial charge is 0.268 e. The van der Waals surface area contributed by atoms with Crippen molar-refractivity contribution in [2.75, 3.05) is 24.3 Å². The summed E-state index contributed by atoms with van der Waals surface area (Å²) in [5, 5.41) is 12.0. The Morgan fingerprint density at radius 1 is 1.17 bits per heavy atom. The summed E-state index contributed by atoms with van der Waals surface area (Å²) in [5.74, 6) is 0.376. The van der Waals surface area contributed by atoms with Gasteiger partial charge in [-0.1, -0.05) is 42.8 Å². The molecule has 12 heteroatoms. The molecule has 0 saturated heterocycles. The first-order valence-corrected chi connectivity index (χ1v) is 13.2. The van der Waals surface area contributed by atoms with Crippen LogP contribution in [0, 0.1) is 11.3 Å². The van der Waals surface area contributed by atoms with Crippen molar-refractivity contribution in [2.45, 2.75) is 18.5 Å². The van der Waals surface area contributed by atoms with Gasteiger partial charge in [-0.15, -0.1) is 0 Å². The molecule has 35 heavy (non-hydrogen) atoms. The van der Waals surface area contributed by atoms with Crippen LogP contribution in [0.4, 0.5) is 5.13 Å². The number of carbonyl (C=O) groups excluding carboxylic acids is 1. The number of hydrogen-bond acceptors (Lipinski definition) is 9. The lowest BCUT2D eigenvalue weighted by molar-refractivity contribution is -0.112. The van der Waals surface area contributed by atoms with Crippen LogP contribution in [0.25, 0.3) is 6.08 Å². The van der Waals surface area contributed by atoms with Gasteiger partial charge in [0.1, 0.15) is 23.1 Å². The van der Waals surface area contributed by atoms with Gasteiger partial charge in [0.2, 0.25) is 15.0 Å². The van der Waals surface area contributed by atoms with E-state index in [1.165, 1.54) is 13.0 Å². The van der Waals surface area contributed by atoms with E-state index in [1.807, 2.05) is 18.2 Å². The topological polar surface area (TPSA) is 131 Å². The predicted octanol–water partition coefficient (Wildman–Crippen LogP) is 4.38. The van der Waals surface area contributed by atoms with Gasteiger partial charge < -0.3 is 9.47 Å². The van der Waals surface area contributed by atoms with E-state index in [1.54, 1.807) is 36.4 Å². The lowest BCUT2D eigenvalue weighted by Gasteiger charge is -2.09. The van der Waals surface area contributed by atoms with Crippen LogP contribution in [0.1, 0.15) is 18.9 Å². The first-order valence-electron chi connectivity index (χ1n) is 10.4. The number of nitrogens with one attached hydrogen (secondary N) is 1. The minimum atomic E-state index is -3.58. The summed E-state index contributed by atoms with van der Waals surface area (Å²) in [6.45, 7) is 2.35. The fraction of sp³-hybridized carbons (Fsp3) is 0.217. The number of amides is 1. The molecule has 0 fully saturated rings. The number of hydrogen-bond donors (Lipinski definition) is 1. The van der Waals surface area contributed by atoms with Crippen molar-refractivity contribution in [3.05, 3.63) is 64.7 Å². The van der Waals surface area contributed by atoms with Gasteiger partial charge in [0.05, 0.1) is 24.0 Å². The number of benzene rings is 2. The molecular weight excluding hydrogens is 512 g/mol. The average molecular weight is 533 g/mol. The highest BCUT2D eigenvalue weighted by Crippen LogP contribution is 2.23. The third-order valence-corrected chi connectivity index (χ3v) is 7.05. The number of para-hydroxylation sites is 1. The quantitative estimate of drug-likeness (QED) is 0.218. The summed E-state index contributed by atoms with van der Waals surface area (Å²) in [4.78, 5) is 16.2. The molecule has 3 rings (SSSR count). The van der Waals surface area contributed by atoms with E-state index < -0.39 is 15.7 Å². The summed E-state index contributed by atoms with van der Waals surface area (Å²) >= 11 is 6.77. The third kappa shape index (κ3) is 7.51. The van der Waals surface area contributed by atoms with Crippen molar-refractivity contribution in [1.82, 2.24) is 9.36 Å². The van der Waals surface area contributed by atoms with Gasteiger partial charge >= 0.3 is 0 Å². The monoisotopic (exact) mass is 532 g/mol. The molecule has 0 aliphatic heterocycles. The van der Waals surface area contributed by atoms with E-state index in [0.29, 0.717) is 41.7 Å². The number of ether oxygens (including phenoxy) is 2. The average Bonchev–Trinajstić information content (AvgIpc) is 3.33. The Bertz CT molecular complexity index is 1350. The van der Waals surface area contributed by atoms with Crippen molar-refractivity contribution >= 4 is 50.1 Å². The Balaban J connectivity index is 1.51. The number of anilines is 1. The highest BCUT2D eigenvalue weighted by atomic mass is 35.5. The second-order valence-corrected chi connectivity index (χ2v) is 10.3. The number of aromatic nitrogens is 2. The summed E-state index contributed by atoms with van der Waals surface area (Å²) in [5.41, 5.74) is 0.433. The van der Waals surface area contributed by atoms with Crippen LogP contribution >= 0.6 is 23.1 Å². The van der Waals surface area contributed by atoms with Crippen LogP contribution in [0.5, 0.6) is 11.5 Å². The van der Waals surface area contributed by atoms with Crippen molar-refractivity contribution in [2.24, 2.45) is 0 Å². The highest BCUT2D eigenvalue weighted by molar-refractivity contribution is 7.91. The fourth-order valence-corrected chi connectivity index (χ4v) is 4.42. The van der Waals surface area contributed by atoms with E-state index in [-0.39, 0.29) is 21.6 Å². The molecule has 1 N–H and O–H groups in total. The molecule has 9 nitrogen and oxygen atoms in total. The summed E-state index contributed by atoms with van der Waals surface area (Å²) in [7, 11) is -3.58. The molecule has 182 valence electrons. The highest BCUT2D eigenvalue weighted by Gasteiger charge is 2.20. The Morgan fingerprint density at radius 3 is 2.57 bits per heavy atom. The van der Waals surface area contributed by atoms with Gasteiger partial charge in [-0.3, -0.25) is 10.1 Å². The maximum absolute atomic E-state index is 12.4. The zero-order chi connectivity index (χ0) is 25.3. The number of sulfone groups is 1. The SMILES string of the molecule is CCS(=O)(=O)c1nsc(NC(=O)C(C#N)=Cc2ccc(OCCCOc3ccccc3Cl)cc2)n1. The Labute approximate surface area is 212 Å². The first-order chi connectivity index (χ1) is 16.8. The number of carbonyl (C=O) groups is 1. The number of nitriles is 1. The van der Waals surface area contributed by atoms with E-state index >= 15 is 0 Å². The second kappa shape index (κ2) is 12.3. The molecule has 0 atom stereocenters. The lowest BCUT2D eigenvalue weighted by atomic mass is 10.1. The van der Waals surface area contributed by atoms with E-state index in [4.69, 9.17) is 21.1 Å². The number of rotatable bonds is 11. The predicted molar refractivity (Wildman–Crippen MR) is 133 cm³/mol. The maximum atomic E-state index is 12.4. The van der Waals surface area contributed by atoms with Crippen LogP contribution in [0.15, 0.2) is 59.3 Å². The van der Waals surface area contributed by atoms with E-state index in [2.05, 4.69) is 14.7 Å². The van der Waals surface area contributed by atoms with Crippen LogP contribution in [-0.4, -0.2) is 42.6 Å². The molecule has 0 bridgehead atoms. The van der Waals surface area contributed by atoms with Gasteiger partial charge in [-0.25, -0.2) is 8.42 Å². The van der Waals surface area contributed by atoms with E-state index in [0.717, 1.165) is 11.5 Å². The zero-order valence-corrected chi connectivity index (χ0v) is 21.0. The van der Waals surface area contributed by atoms with Gasteiger partial charge in [0, 0.05) is 18.0 Å². The van der Waals surface area contributed by atoms with Crippen molar-refractivity contribution in [3.63, 3.8) is 0 Å². The number of nitrogens with zero attached hydrogens (tertiary/aromatic N) is 3. The number of halogens is 1. The molecule has 0 saturated carbocycles. The fourth-order valence-electron chi connectivity index (χ4n) is 2.65. The minimum absolute atomic E-state index is 0.00885. The van der Waals surface area contributed by atoms with Crippen molar-refractivity contribution in [1.29, 1.82) is 5.26 Å². The van der Waals surface area contributed by atoms with Gasteiger partial charge in [-0.2, -0.15) is 14.6 Å². The Hall–Kier alpha value is -3.46. The molecular formula is C23H21ClN4O5S2. The van der Waals surface area contributed by atoms with Gasteiger partial charge in [-0.05, 0) is 35.9 Å². The molecule has 0 spiro atoms. The van der Waals surface area contributed by atoms with Gasteiger partial charge in [0.15, 0.2) is 0 Å². The summed E-state index contributed by atoms with van der Waals surface area (Å²) in [6.07, 6.45) is 2.06. The van der Waals surface area contributed by atoms with Crippen LogP contribution in [-0.2, 0) is 14.6 Å². The van der Waals surface area contributed by atoms with Crippen LogP contribution in [0.3, 0.4) is 0 Å². The van der Waals surface area contributed by atoms with Gasteiger partial charge in [0.25, 0.3) is 11.1 Å². The molecule has 0 aliphatic carbocycles. The van der Waals surface area contributed by atoms with Crippen LogP contribution < -0.4 is 14.8 Å². The summed E-state index contributed by atoms with van der Waals surface area (Å²) in [6, 6.07) is 15.9. The van der Waals surface area contributed by atoms with Crippen LogP contribution in [0.2, 0.25) is 5.02 Å². The second-order valence-electron chi connectivity index (χ2n) is 6.96. The zero-order valence-electron chi connectivity index (χ0n) is 18.6.